The molecule has 0 saturated heterocycles. The largest absolute Gasteiger partial charge is 0.481 e. The van der Waals surface area contributed by atoms with Crippen molar-refractivity contribution < 1.29 is 14.8 Å². The van der Waals surface area contributed by atoms with E-state index in [1.807, 2.05) is 22.6 Å². The Labute approximate surface area is 105 Å². The molecule has 0 spiro atoms. The van der Waals surface area contributed by atoms with E-state index in [0.29, 0.717) is 23.1 Å². The van der Waals surface area contributed by atoms with Gasteiger partial charge in [0.25, 0.3) is 0 Å². The average Bonchev–Trinajstić information content (AvgIpc) is 2.60. The number of alkyl halides is 1. The van der Waals surface area contributed by atoms with Crippen LogP contribution in [0.5, 0.6) is 0 Å². The van der Waals surface area contributed by atoms with Gasteiger partial charge in [0.1, 0.15) is 11.9 Å². The van der Waals surface area contributed by atoms with Crippen molar-refractivity contribution in [3.05, 3.63) is 22.0 Å². The molecule has 0 aliphatic carbocycles. The van der Waals surface area contributed by atoms with Crippen molar-refractivity contribution in [3.63, 3.8) is 0 Å². The lowest BCUT2D eigenvalue weighted by molar-refractivity contribution is -0.385. The topological polar surface area (TPSA) is 98.3 Å². The minimum absolute atomic E-state index is 0.00571. The zero-order valence-electron chi connectivity index (χ0n) is 8.30. The summed E-state index contributed by atoms with van der Waals surface area (Å²) in [6, 6.07) is 0. The maximum Gasteiger partial charge on any atom is 0.310 e. The number of aromatic nitrogens is 2. The highest BCUT2D eigenvalue weighted by molar-refractivity contribution is 14.1. The van der Waals surface area contributed by atoms with E-state index in [9.17, 15) is 14.9 Å². The number of carboxylic acids is 1. The molecule has 1 rings (SSSR count). The molecule has 0 aromatic carbocycles. The standard InChI is InChI=1S/C8H10IN3O4/c9-5-11-4-7(12(15)16)6(10-11)2-1-3-8(13)14/h4H,1-3,5H2,(H,13,14). The fourth-order valence-electron chi connectivity index (χ4n) is 1.25. The SMILES string of the molecule is O=C(O)CCCc1nn(CI)cc1[N+](=O)[O-]. The highest BCUT2D eigenvalue weighted by Crippen LogP contribution is 2.19. The second-order valence-corrected chi connectivity index (χ2v) is 3.81. The maximum absolute atomic E-state index is 10.7. The Balaban J connectivity index is 2.73. The summed E-state index contributed by atoms with van der Waals surface area (Å²) < 4.78 is 1.99. The van der Waals surface area contributed by atoms with Crippen LogP contribution in [0.2, 0.25) is 0 Å². The number of hydrogen-bond donors (Lipinski definition) is 1. The summed E-state index contributed by atoms with van der Waals surface area (Å²) in [5.74, 6) is -0.907. The lowest BCUT2D eigenvalue weighted by Gasteiger charge is -1.94. The molecule has 8 heteroatoms. The molecule has 16 heavy (non-hydrogen) atoms. The van der Waals surface area contributed by atoms with Crippen molar-refractivity contribution in [2.24, 2.45) is 0 Å². The van der Waals surface area contributed by atoms with Crippen LogP contribution in [-0.2, 0) is 15.8 Å². The van der Waals surface area contributed by atoms with E-state index in [1.165, 1.54) is 10.9 Å². The van der Waals surface area contributed by atoms with Gasteiger partial charge in [-0.25, -0.2) is 0 Å². The second kappa shape index (κ2) is 5.77. The van der Waals surface area contributed by atoms with Crippen LogP contribution in [0.3, 0.4) is 0 Å². The molecule has 1 N–H and O–H groups in total. The number of nitro groups is 1. The first-order chi connectivity index (χ1) is 7.54. The number of halogens is 1. The molecule has 0 unspecified atom stereocenters. The molecule has 0 saturated carbocycles. The van der Waals surface area contributed by atoms with Crippen molar-refractivity contribution in [1.29, 1.82) is 0 Å². The second-order valence-electron chi connectivity index (χ2n) is 3.12. The van der Waals surface area contributed by atoms with E-state index in [1.54, 1.807) is 0 Å². The summed E-state index contributed by atoms with van der Waals surface area (Å²) in [6.07, 6.45) is 2.03. The van der Waals surface area contributed by atoms with Crippen molar-refractivity contribution in [2.45, 2.75) is 23.8 Å². The van der Waals surface area contributed by atoms with Gasteiger partial charge in [-0.3, -0.25) is 19.6 Å². The van der Waals surface area contributed by atoms with Gasteiger partial charge in [0, 0.05) is 6.42 Å². The number of carboxylic acid groups (broad SMARTS) is 1. The normalized spacial score (nSPS) is 10.3. The first kappa shape index (κ1) is 12.9. The smallest absolute Gasteiger partial charge is 0.310 e. The van der Waals surface area contributed by atoms with Crippen LogP contribution in [0.25, 0.3) is 0 Å². The minimum Gasteiger partial charge on any atom is -0.481 e. The van der Waals surface area contributed by atoms with Gasteiger partial charge >= 0.3 is 11.7 Å². The predicted octanol–water partition coefficient (Wildman–Crippen LogP) is 1.59. The summed E-state index contributed by atoms with van der Waals surface area (Å²) in [5.41, 5.74) is 0.310. The van der Waals surface area contributed by atoms with Gasteiger partial charge < -0.3 is 5.11 Å². The number of rotatable bonds is 6. The number of aryl methyl sites for hydroxylation is 1. The van der Waals surface area contributed by atoms with E-state index in [-0.39, 0.29) is 12.1 Å². The van der Waals surface area contributed by atoms with Crippen molar-refractivity contribution in [1.82, 2.24) is 9.78 Å². The Hall–Kier alpha value is -1.19. The minimum atomic E-state index is -0.907. The number of carbonyl (C=O) groups is 1. The van der Waals surface area contributed by atoms with E-state index < -0.39 is 10.9 Å². The third-order valence-electron chi connectivity index (χ3n) is 1.94. The first-order valence-electron chi connectivity index (χ1n) is 4.53. The van der Waals surface area contributed by atoms with Gasteiger partial charge in [0.2, 0.25) is 0 Å². The van der Waals surface area contributed by atoms with Crippen molar-refractivity contribution in [2.75, 3.05) is 0 Å². The van der Waals surface area contributed by atoms with Gasteiger partial charge in [0.05, 0.1) is 9.47 Å². The molecule has 1 aromatic rings. The summed E-state index contributed by atoms with van der Waals surface area (Å²) in [5, 5.41) is 23.2. The molecular formula is C8H10IN3O4. The van der Waals surface area contributed by atoms with Crippen LogP contribution >= 0.6 is 22.6 Å². The molecule has 1 heterocycles. The Morgan fingerprint density at radius 3 is 2.88 bits per heavy atom. The fourth-order valence-corrected chi connectivity index (χ4v) is 1.60. The third kappa shape index (κ3) is 3.43. The van der Waals surface area contributed by atoms with Crippen LogP contribution in [0, 0.1) is 10.1 Å². The van der Waals surface area contributed by atoms with Crippen LogP contribution in [0.15, 0.2) is 6.20 Å². The monoisotopic (exact) mass is 339 g/mol. The van der Waals surface area contributed by atoms with Gasteiger partial charge in [-0.15, -0.1) is 0 Å². The van der Waals surface area contributed by atoms with E-state index in [4.69, 9.17) is 5.11 Å². The Morgan fingerprint density at radius 1 is 1.69 bits per heavy atom. The van der Waals surface area contributed by atoms with Crippen LogP contribution < -0.4 is 0 Å². The van der Waals surface area contributed by atoms with Gasteiger partial charge in [-0.2, -0.15) is 5.10 Å². The van der Waals surface area contributed by atoms with E-state index >= 15 is 0 Å². The maximum atomic E-state index is 10.7. The predicted molar refractivity (Wildman–Crippen MR) is 63.5 cm³/mol. The zero-order valence-corrected chi connectivity index (χ0v) is 10.5. The molecule has 88 valence electrons. The van der Waals surface area contributed by atoms with Gasteiger partial charge in [0.15, 0.2) is 0 Å². The van der Waals surface area contributed by atoms with Crippen molar-refractivity contribution in [3.8, 4) is 0 Å². The molecule has 1 aromatic heterocycles. The molecule has 0 bridgehead atoms. The number of aliphatic carboxylic acids is 1. The molecule has 7 nitrogen and oxygen atoms in total. The number of nitrogens with zero attached hydrogens (tertiary/aromatic N) is 3. The Morgan fingerprint density at radius 2 is 2.38 bits per heavy atom. The van der Waals surface area contributed by atoms with Crippen LogP contribution in [0.1, 0.15) is 18.5 Å². The highest BCUT2D eigenvalue weighted by atomic mass is 127. The average molecular weight is 339 g/mol. The fraction of sp³-hybridized carbons (Fsp3) is 0.500. The van der Waals surface area contributed by atoms with Gasteiger partial charge in [-0.05, 0) is 12.8 Å². The van der Waals surface area contributed by atoms with Crippen LogP contribution in [-0.4, -0.2) is 25.8 Å². The summed E-state index contributed by atoms with van der Waals surface area (Å²) >= 11 is 2.04. The zero-order chi connectivity index (χ0) is 12.1. The molecule has 0 aliphatic rings. The first-order valence-corrected chi connectivity index (χ1v) is 6.05. The molecule has 0 atom stereocenters. The van der Waals surface area contributed by atoms with Crippen LogP contribution in [0.4, 0.5) is 5.69 Å². The lowest BCUT2D eigenvalue weighted by atomic mass is 10.2. The Kier molecular flexibility index (Phi) is 4.65. The van der Waals surface area contributed by atoms with Gasteiger partial charge in [-0.1, -0.05) is 22.6 Å². The summed E-state index contributed by atoms with van der Waals surface area (Å²) in [6.45, 7) is 0. The molecular weight excluding hydrogens is 329 g/mol. The molecule has 0 amide bonds. The van der Waals surface area contributed by atoms with E-state index in [0.717, 1.165) is 0 Å². The van der Waals surface area contributed by atoms with Crippen molar-refractivity contribution >= 4 is 34.2 Å². The lowest BCUT2D eigenvalue weighted by Crippen LogP contribution is -1.99. The number of hydrogen-bond acceptors (Lipinski definition) is 4. The quantitative estimate of drug-likeness (QED) is 0.367. The molecule has 0 radical (unpaired) electrons. The summed E-state index contributed by atoms with van der Waals surface area (Å²) in [7, 11) is 0. The third-order valence-corrected chi connectivity index (χ3v) is 2.64. The Bertz CT molecular complexity index is 404. The van der Waals surface area contributed by atoms with E-state index in [2.05, 4.69) is 5.10 Å². The molecule has 0 fully saturated rings. The molecule has 0 aliphatic heterocycles. The summed E-state index contributed by atoms with van der Waals surface area (Å²) in [4.78, 5) is 20.5. The highest BCUT2D eigenvalue weighted by Gasteiger charge is 2.18.